The van der Waals surface area contributed by atoms with Gasteiger partial charge in [-0.3, -0.25) is 9.59 Å². The van der Waals surface area contributed by atoms with E-state index in [1.807, 2.05) is 27.7 Å². The molecule has 2 unspecified atom stereocenters. The van der Waals surface area contributed by atoms with Crippen molar-refractivity contribution in [1.29, 1.82) is 0 Å². The number of halogens is 1. The third-order valence-electron chi connectivity index (χ3n) is 3.38. The normalized spacial score (nSPS) is 24.2. The Morgan fingerprint density at radius 1 is 1.30 bits per heavy atom. The average molecular weight is 306 g/mol. The molecule has 0 radical (unpaired) electrons. The molecule has 6 heteroatoms. The molecule has 0 aromatic rings. The summed E-state index contributed by atoms with van der Waals surface area (Å²) in [5.41, 5.74) is -0.694. The topological polar surface area (TPSA) is 70.2 Å². The molecule has 1 aliphatic heterocycles. The van der Waals surface area contributed by atoms with Gasteiger partial charge in [-0.25, -0.2) is 0 Å². The Morgan fingerprint density at radius 2 is 1.90 bits per heavy atom. The van der Waals surface area contributed by atoms with Crippen molar-refractivity contribution >= 4 is 24.2 Å². The molecule has 20 heavy (non-hydrogen) atoms. The molecule has 1 rings (SSSR count). The maximum Gasteiger partial charge on any atom is 0.242 e. The molecule has 0 saturated carbocycles. The van der Waals surface area contributed by atoms with Crippen LogP contribution in [0.25, 0.3) is 0 Å². The van der Waals surface area contributed by atoms with E-state index in [4.69, 9.17) is 0 Å². The molecule has 0 spiro atoms. The molecule has 0 aliphatic carbocycles. The summed E-state index contributed by atoms with van der Waals surface area (Å²) in [6.07, 6.45) is 1.85. The van der Waals surface area contributed by atoms with E-state index in [1.165, 1.54) is 0 Å². The van der Waals surface area contributed by atoms with Gasteiger partial charge in [0, 0.05) is 12.1 Å². The van der Waals surface area contributed by atoms with Gasteiger partial charge in [0.25, 0.3) is 0 Å². The van der Waals surface area contributed by atoms with Crippen LogP contribution in [0.3, 0.4) is 0 Å². The van der Waals surface area contributed by atoms with Gasteiger partial charge in [-0.15, -0.1) is 12.4 Å². The van der Waals surface area contributed by atoms with Crippen LogP contribution in [0.4, 0.5) is 0 Å². The maximum absolute atomic E-state index is 12.3. The van der Waals surface area contributed by atoms with Gasteiger partial charge >= 0.3 is 0 Å². The standard InChI is InChI=1S/C14H27N3O2.ClH/c1-10(11(18)17-13(2,3)4)16-12(19)14(5)7-6-8-15-9-14;/h10,15H,6-9H2,1-5H3,(H,16,19)(H,17,18);1H. The molecule has 1 aliphatic rings. The Hall–Kier alpha value is -0.810. The molecule has 0 bridgehead atoms. The summed E-state index contributed by atoms with van der Waals surface area (Å²) in [6, 6.07) is -0.509. The molecule has 0 aromatic heterocycles. The monoisotopic (exact) mass is 305 g/mol. The number of hydrogen-bond acceptors (Lipinski definition) is 3. The van der Waals surface area contributed by atoms with Crippen LogP contribution in [0.2, 0.25) is 0 Å². The highest BCUT2D eigenvalue weighted by molar-refractivity contribution is 5.90. The second kappa shape index (κ2) is 7.27. The van der Waals surface area contributed by atoms with Crippen LogP contribution in [0.1, 0.15) is 47.5 Å². The molecule has 5 nitrogen and oxygen atoms in total. The first-order valence-corrected chi connectivity index (χ1v) is 6.98. The minimum absolute atomic E-state index is 0. The fourth-order valence-electron chi connectivity index (χ4n) is 2.16. The molecule has 118 valence electrons. The van der Waals surface area contributed by atoms with E-state index in [-0.39, 0.29) is 29.8 Å². The lowest BCUT2D eigenvalue weighted by molar-refractivity contribution is -0.135. The molecule has 1 fully saturated rings. The fourth-order valence-corrected chi connectivity index (χ4v) is 2.16. The number of nitrogens with one attached hydrogen (secondary N) is 3. The summed E-state index contributed by atoms with van der Waals surface area (Å²) in [5.74, 6) is -0.190. The Morgan fingerprint density at radius 3 is 2.35 bits per heavy atom. The largest absolute Gasteiger partial charge is 0.350 e. The second-order valence-electron chi connectivity index (χ2n) is 6.78. The smallest absolute Gasteiger partial charge is 0.242 e. The molecule has 1 saturated heterocycles. The van der Waals surface area contributed by atoms with E-state index in [0.717, 1.165) is 19.4 Å². The highest BCUT2D eigenvalue weighted by Crippen LogP contribution is 2.25. The number of amides is 2. The number of rotatable bonds is 3. The molecule has 3 N–H and O–H groups in total. The zero-order chi connectivity index (χ0) is 14.7. The zero-order valence-corrected chi connectivity index (χ0v) is 13.9. The van der Waals surface area contributed by atoms with Crippen LogP contribution in [-0.4, -0.2) is 36.5 Å². The van der Waals surface area contributed by atoms with Crippen LogP contribution in [0, 0.1) is 5.41 Å². The van der Waals surface area contributed by atoms with Crippen LogP contribution in [-0.2, 0) is 9.59 Å². The number of carbonyl (C=O) groups is 2. The van der Waals surface area contributed by atoms with Crippen LogP contribution >= 0.6 is 12.4 Å². The van der Waals surface area contributed by atoms with Crippen LogP contribution < -0.4 is 16.0 Å². The average Bonchev–Trinajstić information content (AvgIpc) is 2.27. The van der Waals surface area contributed by atoms with Gasteiger partial charge in [0.1, 0.15) is 6.04 Å². The minimum atomic E-state index is -0.509. The van der Waals surface area contributed by atoms with Crippen LogP contribution in [0.5, 0.6) is 0 Å². The Bertz CT molecular complexity index is 347. The zero-order valence-electron chi connectivity index (χ0n) is 13.1. The number of hydrogen-bond donors (Lipinski definition) is 3. The summed E-state index contributed by atoms with van der Waals surface area (Å²) in [6.45, 7) is 11.1. The minimum Gasteiger partial charge on any atom is -0.350 e. The van der Waals surface area contributed by atoms with Gasteiger partial charge in [0.15, 0.2) is 0 Å². The Balaban J connectivity index is 0.00000361. The predicted octanol–water partition coefficient (Wildman–Crippen LogP) is 1.22. The Kier molecular flexibility index (Phi) is 6.98. The van der Waals surface area contributed by atoms with Crippen molar-refractivity contribution < 1.29 is 9.59 Å². The molecule has 0 aromatic carbocycles. The molecule has 2 atom stereocenters. The van der Waals surface area contributed by atoms with Crippen LogP contribution in [0.15, 0.2) is 0 Å². The van der Waals surface area contributed by atoms with E-state index < -0.39 is 11.5 Å². The van der Waals surface area contributed by atoms with Gasteiger partial charge < -0.3 is 16.0 Å². The van der Waals surface area contributed by atoms with Crippen molar-refractivity contribution in [3.05, 3.63) is 0 Å². The number of carbonyl (C=O) groups excluding carboxylic acids is 2. The summed E-state index contributed by atoms with van der Waals surface area (Å²) < 4.78 is 0. The van der Waals surface area contributed by atoms with Crippen molar-refractivity contribution in [3.63, 3.8) is 0 Å². The van der Waals surface area contributed by atoms with Gasteiger partial charge in [-0.2, -0.15) is 0 Å². The highest BCUT2D eigenvalue weighted by Gasteiger charge is 2.36. The first-order chi connectivity index (χ1) is 8.64. The van der Waals surface area contributed by atoms with E-state index in [0.29, 0.717) is 6.54 Å². The van der Waals surface area contributed by atoms with E-state index in [2.05, 4.69) is 16.0 Å². The first kappa shape index (κ1) is 19.2. The highest BCUT2D eigenvalue weighted by atomic mass is 35.5. The summed E-state index contributed by atoms with van der Waals surface area (Å²) >= 11 is 0. The van der Waals surface area contributed by atoms with E-state index in [1.54, 1.807) is 6.92 Å². The van der Waals surface area contributed by atoms with E-state index in [9.17, 15) is 9.59 Å². The van der Waals surface area contributed by atoms with Crippen molar-refractivity contribution in [3.8, 4) is 0 Å². The summed E-state index contributed by atoms with van der Waals surface area (Å²) in [7, 11) is 0. The van der Waals surface area contributed by atoms with Crippen molar-refractivity contribution in [2.75, 3.05) is 13.1 Å². The lowest BCUT2D eigenvalue weighted by Crippen LogP contribution is -2.55. The quantitative estimate of drug-likeness (QED) is 0.734. The SMILES string of the molecule is CC(NC(=O)C1(C)CCCNC1)C(=O)NC(C)(C)C.Cl. The lowest BCUT2D eigenvalue weighted by Gasteiger charge is -2.34. The first-order valence-electron chi connectivity index (χ1n) is 6.98. The fraction of sp³-hybridized carbons (Fsp3) is 0.857. The summed E-state index contributed by atoms with van der Waals surface area (Å²) in [4.78, 5) is 24.2. The molecule has 1 heterocycles. The van der Waals surface area contributed by atoms with Gasteiger partial charge in [-0.1, -0.05) is 0 Å². The number of piperidine rings is 1. The molecular weight excluding hydrogens is 278 g/mol. The third-order valence-corrected chi connectivity index (χ3v) is 3.38. The second-order valence-corrected chi connectivity index (χ2v) is 6.78. The molecule has 2 amide bonds. The van der Waals surface area contributed by atoms with Crippen molar-refractivity contribution in [2.24, 2.45) is 5.41 Å². The lowest BCUT2D eigenvalue weighted by atomic mass is 9.81. The van der Waals surface area contributed by atoms with E-state index >= 15 is 0 Å². The molecular formula is C14H28ClN3O2. The summed E-state index contributed by atoms with van der Waals surface area (Å²) in [5, 5.41) is 8.93. The van der Waals surface area contributed by atoms with Crippen molar-refractivity contribution in [1.82, 2.24) is 16.0 Å². The van der Waals surface area contributed by atoms with Gasteiger partial charge in [-0.05, 0) is 54.0 Å². The Labute approximate surface area is 128 Å². The maximum atomic E-state index is 12.3. The van der Waals surface area contributed by atoms with Gasteiger partial charge in [0.2, 0.25) is 11.8 Å². The van der Waals surface area contributed by atoms with Crippen molar-refractivity contribution in [2.45, 2.75) is 59.0 Å². The van der Waals surface area contributed by atoms with Gasteiger partial charge in [0.05, 0.1) is 5.41 Å². The predicted molar refractivity (Wildman–Crippen MR) is 83.0 cm³/mol. The third kappa shape index (κ3) is 5.67.